The van der Waals surface area contributed by atoms with Crippen LogP contribution in [-0.4, -0.2) is 97.8 Å². The molecule has 0 aliphatic heterocycles. The fraction of sp³-hybridized carbons (Fsp3) is 0.783. The molecule has 0 saturated heterocycles. The number of carboxylic acid groups (broad SMARTS) is 5. The highest BCUT2D eigenvalue weighted by molar-refractivity contribution is 5.74. The van der Waals surface area contributed by atoms with Crippen LogP contribution in [0.3, 0.4) is 0 Å². The molecule has 16 N–H and O–H groups in total. The van der Waals surface area contributed by atoms with Gasteiger partial charge in [-0.3, -0.25) is 24.0 Å². The van der Waals surface area contributed by atoms with Gasteiger partial charge in [0, 0.05) is 0 Å². The Morgan fingerprint density at radius 1 is 0.615 bits per heavy atom. The topological polar surface area (TPSA) is 337 Å². The Hall–Kier alpha value is -2.89. The lowest BCUT2D eigenvalue weighted by atomic mass is 10.0. The minimum absolute atomic E-state index is 0.0718. The minimum Gasteiger partial charge on any atom is -0.480 e. The standard InChI is InChI=1S/3C6H13NO2.C3H7NO3.C2H5NO2/c2*1-4(2)3-5(7)6(8)9;1-3-4(2)5(7)6(8)9;4-2(1-5)3(6)7;3-1-2(4)5/h3*4-5H,3,7H2,1-2H3,(H,8,9);2,5H,1,4H2,(H,6,7);1,3H2,(H,4,5). The van der Waals surface area contributed by atoms with E-state index in [1.807, 2.05) is 41.5 Å². The van der Waals surface area contributed by atoms with Crippen LogP contribution >= 0.6 is 0 Å². The van der Waals surface area contributed by atoms with Gasteiger partial charge in [-0.05, 0) is 30.6 Å². The van der Waals surface area contributed by atoms with E-state index in [9.17, 15) is 24.0 Å². The maximum Gasteiger partial charge on any atom is 0.322 e. The van der Waals surface area contributed by atoms with E-state index in [1.54, 1.807) is 0 Å². The molecule has 0 rings (SSSR count). The molecule has 0 aromatic rings. The van der Waals surface area contributed by atoms with E-state index in [0.717, 1.165) is 6.42 Å². The Bertz CT molecular complexity index is 653. The lowest BCUT2D eigenvalue weighted by molar-refractivity contribution is -0.140. The van der Waals surface area contributed by atoms with Gasteiger partial charge in [-0.2, -0.15) is 0 Å². The van der Waals surface area contributed by atoms with E-state index in [1.165, 1.54) is 0 Å². The number of aliphatic hydroxyl groups is 1. The molecule has 0 bridgehead atoms. The van der Waals surface area contributed by atoms with Gasteiger partial charge in [-0.25, -0.2) is 0 Å². The molecule has 0 radical (unpaired) electrons. The van der Waals surface area contributed by atoms with Gasteiger partial charge in [0.25, 0.3) is 0 Å². The Morgan fingerprint density at radius 2 is 0.897 bits per heavy atom. The number of hydrogen-bond donors (Lipinski definition) is 11. The van der Waals surface area contributed by atoms with E-state index in [-0.39, 0.29) is 12.5 Å². The van der Waals surface area contributed by atoms with Gasteiger partial charge in [-0.1, -0.05) is 48.0 Å². The lowest BCUT2D eigenvalue weighted by Crippen LogP contribution is -2.36. The zero-order valence-corrected chi connectivity index (χ0v) is 23.7. The quantitative estimate of drug-likeness (QED) is 0.130. The summed E-state index contributed by atoms with van der Waals surface area (Å²) in [6, 6.07) is -3.20. The van der Waals surface area contributed by atoms with Crippen molar-refractivity contribution in [3.8, 4) is 0 Å². The molecule has 0 fully saturated rings. The molecule has 16 heteroatoms. The molecule has 0 heterocycles. The Balaban J connectivity index is -0.000000125. The van der Waals surface area contributed by atoms with Crippen molar-refractivity contribution in [3.63, 3.8) is 0 Å². The van der Waals surface area contributed by atoms with Crippen LogP contribution in [0.15, 0.2) is 0 Å². The third kappa shape index (κ3) is 39.8. The number of carbonyl (C=O) groups is 5. The van der Waals surface area contributed by atoms with Crippen molar-refractivity contribution in [2.24, 2.45) is 46.4 Å². The second kappa shape index (κ2) is 28.1. The first-order chi connectivity index (χ1) is 17.6. The van der Waals surface area contributed by atoms with Crippen molar-refractivity contribution in [2.75, 3.05) is 13.2 Å². The summed E-state index contributed by atoms with van der Waals surface area (Å²) >= 11 is 0. The van der Waals surface area contributed by atoms with Gasteiger partial charge in [0.15, 0.2) is 0 Å². The van der Waals surface area contributed by atoms with Crippen LogP contribution in [0.1, 0.15) is 60.8 Å². The van der Waals surface area contributed by atoms with Crippen LogP contribution in [0.5, 0.6) is 0 Å². The zero-order valence-electron chi connectivity index (χ0n) is 23.7. The summed E-state index contributed by atoms with van der Waals surface area (Å²) in [5.41, 5.74) is 25.0. The molecule has 0 amide bonds. The Labute approximate surface area is 229 Å². The zero-order chi connectivity index (χ0) is 32.5. The maximum absolute atomic E-state index is 10.2. The number of nitrogens with two attached hydrogens (primary N) is 5. The third-order valence-corrected chi connectivity index (χ3v) is 4.32. The smallest absolute Gasteiger partial charge is 0.322 e. The van der Waals surface area contributed by atoms with Crippen LogP contribution in [0, 0.1) is 17.8 Å². The van der Waals surface area contributed by atoms with E-state index < -0.39 is 60.6 Å². The largest absolute Gasteiger partial charge is 0.480 e. The number of aliphatic carboxylic acids is 5. The van der Waals surface area contributed by atoms with Crippen molar-refractivity contribution in [3.05, 3.63) is 0 Å². The lowest BCUT2D eigenvalue weighted by Gasteiger charge is -2.11. The van der Waals surface area contributed by atoms with E-state index in [2.05, 4.69) is 5.73 Å². The number of carboxylic acids is 5. The number of aliphatic hydroxyl groups excluding tert-OH is 1. The number of rotatable bonds is 12. The molecule has 0 aliphatic carbocycles. The summed E-state index contributed by atoms with van der Waals surface area (Å²) in [5.74, 6) is -4.10. The Morgan fingerprint density at radius 3 is 0.949 bits per heavy atom. The second-order valence-electron chi connectivity index (χ2n) is 9.12. The molecule has 0 aliphatic rings. The van der Waals surface area contributed by atoms with Gasteiger partial charge < -0.3 is 59.3 Å². The van der Waals surface area contributed by atoms with E-state index >= 15 is 0 Å². The SMILES string of the molecule is CC(C)CC(N)C(=O)O.CC(C)CC(N)C(=O)O.CCC(C)C(N)C(=O)O.NC(CO)C(=O)O.NCC(=O)O. The molecule has 5 unspecified atom stereocenters. The van der Waals surface area contributed by atoms with Crippen molar-refractivity contribution in [2.45, 2.75) is 85.0 Å². The summed E-state index contributed by atoms with van der Waals surface area (Å²) in [6.07, 6.45) is 1.91. The van der Waals surface area contributed by atoms with Gasteiger partial charge in [-0.15, -0.1) is 0 Å². The first-order valence-electron chi connectivity index (χ1n) is 12.1. The van der Waals surface area contributed by atoms with Crippen LogP contribution in [-0.2, 0) is 24.0 Å². The average Bonchev–Trinajstić information content (AvgIpc) is 2.82. The first-order valence-corrected chi connectivity index (χ1v) is 12.1. The predicted octanol–water partition coefficient (Wildman–Crippen LogP) is -1.25. The van der Waals surface area contributed by atoms with Crippen molar-refractivity contribution in [1.82, 2.24) is 0 Å². The normalized spacial score (nSPS) is 13.6. The molecule has 5 atom stereocenters. The van der Waals surface area contributed by atoms with Gasteiger partial charge in [0.05, 0.1) is 13.2 Å². The van der Waals surface area contributed by atoms with Crippen LogP contribution in [0.25, 0.3) is 0 Å². The first kappa shape index (κ1) is 46.0. The maximum atomic E-state index is 10.2. The molecule has 234 valence electrons. The van der Waals surface area contributed by atoms with Gasteiger partial charge >= 0.3 is 29.8 Å². The van der Waals surface area contributed by atoms with Crippen LogP contribution < -0.4 is 28.7 Å². The van der Waals surface area contributed by atoms with Crippen LogP contribution in [0.2, 0.25) is 0 Å². The highest BCUT2D eigenvalue weighted by atomic mass is 16.4. The molecule has 39 heavy (non-hydrogen) atoms. The summed E-state index contributed by atoms with van der Waals surface area (Å²) < 4.78 is 0. The van der Waals surface area contributed by atoms with Gasteiger partial charge in [0.2, 0.25) is 0 Å². The van der Waals surface area contributed by atoms with Crippen molar-refractivity contribution >= 4 is 29.8 Å². The number of hydrogen-bond acceptors (Lipinski definition) is 11. The Kier molecular flexibility index (Phi) is 33.2. The molecule has 0 aromatic heterocycles. The van der Waals surface area contributed by atoms with Gasteiger partial charge in [0.1, 0.15) is 24.2 Å². The molecular weight excluding hydrogens is 522 g/mol. The molecule has 0 saturated carbocycles. The highest BCUT2D eigenvalue weighted by Crippen LogP contribution is 2.04. The van der Waals surface area contributed by atoms with Crippen molar-refractivity contribution in [1.29, 1.82) is 0 Å². The van der Waals surface area contributed by atoms with Crippen molar-refractivity contribution < 1.29 is 54.6 Å². The molecule has 0 aromatic carbocycles. The highest BCUT2D eigenvalue weighted by Gasteiger charge is 2.17. The minimum atomic E-state index is -1.18. The summed E-state index contributed by atoms with van der Waals surface area (Å²) in [6.45, 7) is 10.8. The fourth-order valence-corrected chi connectivity index (χ4v) is 1.79. The summed E-state index contributed by atoms with van der Waals surface area (Å²) in [5, 5.41) is 48.5. The fourth-order valence-electron chi connectivity index (χ4n) is 1.79. The summed E-state index contributed by atoms with van der Waals surface area (Å²) in [7, 11) is 0. The predicted molar refractivity (Wildman–Crippen MR) is 145 cm³/mol. The van der Waals surface area contributed by atoms with E-state index in [4.69, 9.17) is 53.6 Å². The molecular formula is C23H51N5O11. The van der Waals surface area contributed by atoms with Crippen LogP contribution in [0.4, 0.5) is 0 Å². The molecule has 16 nitrogen and oxygen atoms in total. The average molecular weight is 574 g/mol. The summed E-state index contributed by atoms with van der Waals surface area (Å²) in [4.78, 5) is 49.3. The molecule has 0 spiro atoms. The third-order valence-electron chi connectivity index (χ3n) is 4.32. The second-order valence-corrected chi connectivity index (χ2v) is 9.12. The van der Waals surface area contributed by atoms with E-state index in [0.29, 0.717) is 24.7 Å². The monoisotopic (exact) mass is 573 g/mol.